The van der Waals surface area contributed by atoms with E-state index < -0.39 is 0 Å². The zero-order valence-electron chi connectivity index (χ0n) is 12.8. The van der Waals surface area contributed by atoms with Crippen molar-refractivity contribution in [2.45, 2.75) is 18.9 Å². The van der Waals surface area contributed by atoms with Crippen LogP contribution in [0.5, 0.6) is 5.75 Å². The molecule has 0 bridgehead atoms. The normalized spacial score (nSPS) is 16.7. The van der Waals surface area contributed by atoms with Crippen LogP contribution >= 0.6 is 0 Å². The Hall–Kier alpha value is -1.59. The number of ether oxygens (including phenoxy) is 2. The highest BCUT2D eigenvalue weighted by Gasteiger charge is 2.20. The highest BCUT2D eigenvalue weighted by atomic mass is 16.5. The van der Waals surface area contributed by atoms with Crippen LogP contribution in [0.1, 0.15) is 23.2 Å². The largest absolute Gasteiger partial charge is 0.497 e. The van der Waals surface area contributed by atoms with E-state index in [2.05, 4.69) is 10.2 Å². The predicted molar refractivity (Wildman–Crippen MR) is 81.8 cm³/mol. The molecular weight excluding hydrogens is 268 g/mol. The minimum absolute atomic E-state index is 0.0239. The third kappa shape index (κ3) is 4.72. The third-order valence-corrected chi connectivity index (χ3v) is 3.87. The maximum absolute atomic E-state index is 12.2. The van der Waals surface area contributed by atoms with E-state index >= 15 is 0 Å². The summed E-state index contributed by atoms with van der Waals surface area (Å²) >= 11 is 0. The number of hydrogen-bond donors (Lipinski definition) is 1. The first-order valence-corrected chi connectivity index (χ1v) is 7.39. The first kappa shape index (κ1) is 15.8. The van der Waals surface area contributed by atoms with Gasteiger partial charge in [0, 0.05) is 38.3 Å². The molecule has 1 aromatic carbocycles. The summed E-state index contributed by atoms with van der Waals surface area (Å²) in [4.78, 5) is 14.6. The summed E-state index contributed by atoms with van der Waals surface area (Å²) in [5.74, 6) is 0.682. The Bertz CT molecular complexity index is 457. The van der Waals surface area contributed by atoms with Gasteiger partial charge in [0.25, 0.3) is 5.91 Å². The molecule has 1 saturated heterocycles. The molecule has 5 nitrogen and oxygen atoms in total. The molecule has 1 aliphatic heterocycles. The van der Waals surface area contributed by atoms with E-state index in [1.165, 1.54) is 0 Å². The molecule has 0 spiro atoms. The van der Waals surface area contributed by atoms with Gasteiger partial charge in [-0.25, -0.2) is 0 Å². The average molecular weight is 292 g/mol. The zero-order chi connectivity index (χ0) is 15.1. The zero-order valence-corrected chi connectivity index (χ0v) is 12.8. The van der Waals surface area contributed by atoms with Gasteiger partial charge in [-0.3, -0.25) is 4.79 Å². The fraction of sp³-hybridized carbons (Fsp3) is 0.562. The van der Waals surface area contributed by atoms with E-state index in [-0.39, 0.29) is 11.9 Å². The number of nitrogens with zero attached hydrogens (tertiary/aromatic N) is 1. The summed E-state index contributed by atoms with van der Waals surface area (Å²) < 4.78 is 10.2. The van der Waals surface area contributed by atoms with Gasteiger partial charge in [-0.05, 0) is 31.0 Å². The second kappa shape index (κ2) is 8.00. The summed E-state index contributed by atoms with van der Waals surface area (Å²) in [5, 5.41) is 3.11. The van der Waals surface area contributed by atoms with Gasteiger partial charge in [-0.2, -0.15) is 0 Å². The second-order valence-electron chi connectivity index (χ2n) is 5.31. The maximum atomic E-state index is 12.2. The Balaban J connectivity index is 1.81. The number of amides is 1. The number of hydrogen-bond acceptors (Lipinski definition) is 4. The number of carbonyl (C=O) groups excluding carboxylic acids is 1. The topological polar surface area (TPSA) is 50.8 Å². The SMILES string of the molecule is COCCN1CCC(NC(=O)c2cccc(OC)c2)CC1. The van der Waals surface area contributed by atoms with Crippen LogP contribution in [0.25, 0.3) is 0 Å². The Morgan fingerprint density at radius 2 is 2.10 bits per heavy atom. The molecule has 1 N–H and O–H groups in total. The van der Waals surface area contributed by atoms with Gasteiger partial charge in [0.2, 0.25) is 0 Å². The lowest BCUT2D eigenvalue weighted by atomic mass is 10.0. The van der Waals surface area contributed by atoms with Crippen molar-refractivity contribution in [3.8, 4) is 5.75 Å². The fourth-order valence-corrected chi connectivity index (χ4v) is 2.55. The predicted octanol–water partition coefficient (Wildman–Crippen LogP) is 1.54. The molecule has 0 aromatic heterocycles. The van der Waals surface area contributed by atoms with Gasteiger partial charge < -0.3 is 19.7 Å². The molecule has 21 heavy (non-hydrogen) atoms. The van der Waals surface area contributed by atoms with Gasteiger partial charge in [0.05, 0.1) is 13.7 Å². The number of benzene rings is 1. The molecule has 2 rings (SSSR count). The second-order valence-corrected chi connectivity index (χ2v) is 5.31. The first-order valence-electron chi connectivity index (χ1n) is 7.39. The lowest BCUT2D eigenvalue weighted by molar-refractivity contribution is 0.0892. The Morgan fingerprint density at radius 1 is 1.33 bits per heavy atom. The molecule has 1 aromatic rings. The number of methoxy groups -OCH3 is 2. The number of nitrogens with one attached hydrogen (secondary N) is 1. The van der Waals surface area contributed by atoms with Crippen molar-refractivity contribution in [3.63, 3.8) is 0 Å². The smallest absolute Gasteiger partial charge is 0.251 e. The molecule has 0 radical (unpaired) electrons. The van der Waals surface area contributed by atoms with Gasteiger partial charge >= 0.3 is 0 Å². The average Bonchev–Trinajstić information content (AvgIpc) is 2.54. The van der Waals surface area contributed by atoms with Crippen LogP contribution < -0.4 is 10.1 Å². The Morgan fingerprint density at radius 3 is 2.76 bits per heavy atom. The highest BCUT2D eigenvalue weighted by molar-refractivity contribution is 5.94. The van der Waals surface area contributed by atoms with Crippen LogP contribution in [0.4, 0.5) is 0 Å². The van der Waals surface area contributed by atoms with E-state index in [4.69, 9.17) is 9.47 Å². The van der Waals surface area contributed by atoms with Crippen molar-refractivity contribution >= 4 is 5.91 Å². The van der Waals surface area contributed by atoms with Gasteiger partial charge in [0.1, 0.15) is 5.75 Å². The monoisotopic (exact) mass is 292 g/mol. The van der Waals surface area contributed by atoms with E-state index in [1.54, 1.807) is 20.3 Å². The van der Waals surface area contributed by atoms with E-state index in [0.29, 0.717) is 11.3 Å². The van der Waals surface area contributed by atoms with Crippen LogP contribution in [0, 0.1) is 0 Å². The van der Waals surface area contributed by atoms with Crippen molar-refractivity contribution in [1.29, 1.82) is 0 Å². The third-order valence-electron chi connectivity index (χ3n) is 3.87. The minimum Gasteiger partial charge on any atom is -0.497 e. The molecule has 1 amide bonds. The highest BCUT2D eigenvalue weighted by Crippen LogP contribution is 2.14. The van der Waals surface area contributed by atoms with Crippen LogP contribution in [-0.4, -0.2) is 57.3 Å². The number of piperidine rings is 1. The number of rotatable bonds is 6. The van der Waals surface area contributed by atoms with Crippen molar-refractivity contribution in [1.82, 2.24) is 10.2 Å². The van der Waals surface area contributed by atoms with Crippen LogP contribution in [0.3, 0.4) is 0 Å². The molecule has 5 heteroatoms. The molecule has 1 aliphatic rings. The van der Waals surface area contributed by atoms with Gasteiger partial charge in [-0.15, -0.1) is 0 Å². The molecule has 116 valence electrons. The summed E-state index contributed by atoms with van der Waals surface area (Å²) in [7, 11) is 3.33. The van der Waals surface area contributed by atoms with Crippen LogP contribution in [0.2, 0.25) is 0 Å². The first-order chi connectivity index (χ1) is 10.2. The van der Waals surface area contributed by atoms with Gasteiger partial charge in [0.15, 0.2) is 0 Å². The maximum Gasteiger partial charge on any atom is 0.251 e. The van der Waals surface area contributed by atoms with Crippen molar-refractivity contribution in [2.24, 2.45) is 0 Å². The number of likely N-dealkylation sites (tertiary alicyclic amines) is 1. The molecule has 0 aliphatic carbocycles. The van der Waals surface area contributed by atoms with E-state index in [0.717, 1.165) is 39.1 Å². The minimum atomic E-state index is -0.0239. The Labute approximate surface area is 126 Å². The summed E-state index contributed by atoms with van der Waals surface area (Å²) in [5.41, 5.74) is 0.649. The lowest BCUT2D eigenvalue weighted by Crippen LogP contribution is -2.45. The number of carbonyl (C=O) groups is 1. The van der Waals surface area contributed by atoms with Crippen molar-refractivity contribution in [3.05, 3.63) is 29.8 Å². The molecule has 1 fully saturated rings. The summed E-state index contributed by atoms with van der Waals surface area (Å²) in [6, 6.07) is 7.50. The van der Waals surface area contributed by atoms with Crippen molar-refractivity contribution in [2.75, 3.05) is 40.5 Å². The lowest BCUT2D eigenvalue weighted by Gasteiger charge is -2.32. The molecular formula is C16H24N2O3. The molecule has 0 atom stereocenters. The van der Waals surface area contributed by atoms with E-state index in [1.807, 2.05) is 18.2 Å². The quantitative estimate of drug-likeness (QED) is 0.864. The summed E-state index contributed by atoms with van der Waals surface area (Å²) in [6.45, 7) is 3.74. The fourth-order valence-electron chi connectivity index (χ4n) is 2.55. The van der Waals surface area contributed by atoms with Crippen molar-refractivity contribution < 1.29 is 14.3 Å². The Kier molecular flexibility index (Phi) is 6.02. The van der Waals surface area contributed by atoms with Gasteiger partial charge in [-0.1, -0.05) is 6.07 Å². The van der Waals surface area contributed by atoms with E-state index in [9.17, 15) is 4.79 Å². The van der Waals surface area contributed by atoms with Crippen LogP contribution in [0.15, 0.2) is 24.3 Å². The molecule has 0 unspecified atom stereocenters. The molecule has 1 heterocycles. The van der Waals surface area contributed by atoms with Crippen LogP contribution in [-0.2, 0) is 4.74 Å². The molecule has 0 saturated carbocycles. The standard InChI is InChI=1S/C16H24N2O3/c1-20-11-10-18-8-6-14(7-9-18)17-16(19)13-4-3-5-15(12-13)21-2/h3-5,12,14H,6-11H2,1-2H3,(H,17,19). The summed E-state index contributed by atoms with van der Waals surface area (Å²) in [6.07, 6.45) is 1.97.